The molecule has 0 rings (SSSR count). The summed E-state index contributed by atoms with van der Waals surface area (Å²) in [6.45, 7) is 6.74. The smallest absolute Gasteiger partial charge is 0.306 e. The summed E-state index contributed by atoms with van der Waals surface area (Å²) in [7, 11) is 0. The Morgan fingerprint density at radius 3 is 2.31 bits per heavy atom. The van der Waals surface area contributed by atoms with Crippen molar-refractivity contribution in [2.75, 3.05) is 6.61 Å². The van der Waals surface area contributed by atoms with Crippen LogP contribution in [0.25, 0.3) is 0 Å². The van der Waals surface area contributed by atoms with Gasteiger partial charge >= 0.3 is 5.97 Å². The summed E-state index contributed by atoms with van der Waals surface area (Å²) < 4.78 is 4.93. The zero-order chi connectivity index (χ0) is 12.2. The Kier molecular flexibility index (Phi) is 10.6. The van der Waals surface area contributed by atoms with Crippen LogP contribution in [0.2, 0.25) is 0 Å². The first-order valence-corrected chi connectivity index (χ1v) is 6.86. The fraction of sp³-hybridized carbons (Fsp3) is 0.929. The van der Waals surface area contributed by atoms with Crippen molar-refractivity contribution in [3.8, 4) is 0 Å². The molecule has 0 saturated carbocycles. The molecule has 0 amide bonds. The van der Waals surface area contributed by atoms with Gasteiger partial charge in [0.2, 0.25) is 0 Å². The van der Waals surface area contributed by atoms with E-state index >= 15 is 0 Å². The van der Waals surface area contributed by atoms with Gasteiger partial charge in [0.1, 0.15) is 0 Å². The van der Waals surface area contributed by atoms with Gasteiger partial charge < -0.3 is 4.74 Å². The van der Waals surface area contributed by atoms with Crippen molar-refractivity contribution in [3.05, 3.63) is 0 Å². The third kappa shape index (κ3) is 10.0. The molecular weight excluding hydrogens is 200 g/mol. The topological polar surface area (TPSA) is 26.3 Å². The van der Waals surface area contributed by atoms with E-state index < -0.39 is 0 Å². The number of carbonyl (C=O) groups is 1. The van der Waals surface area contributed by atoms with Crippen molar-refractivity contribution in [1.29, 1.82) is 0 Å². The molecule has 2 heteroatoms. The molecule has 0 heterocycles. The van der Waals surface area contributed by atoms with Gasteiger partial charge in [0, 0.05) is 6.42 Å². The Labute approximate surface area is 101 Å². The second-order valence-corrected chi connectivity index (χ2v) is 4.67. The van der Waals surface area contributed by atoms with Gasteiger partial charge in [-0.2, -0.15) is 0 Å². The minimum absolute atomic E-state index is 0.0408. The molecule has 0 aromatic heterocycles. The molecule has 96 valence electrons. The molecule has 0 spiro atoms. The monoisotopic (exact) mass is 228 g/mol. The molecule has 0 N–H and O–H groups in total. The van der Waals surface area contributed by atoms with Crippen molar-refractivity contribution in [2.24, 2.45) is 5.92 Å². The van der Waals surface area contributed by atoms with Gasteiger partial charge in [0.15, 0.2) is 0 Å². The van der Waals surface area contributed by atoms with Crippen molar-refractivity contribution >= 4 is 5.97 Å². The number of unbranched alkanes of at least 4 members (excludes halogenated alkanes) is 5. The molecule has 0 fully saturated rings. The van der Waals surface area contributed by atoms with Crippen molar-refractivity contribution in [3.63, 3.8) is 0 Å². The predicted octanol–water partition coefficient (Wildman–Crippen LogP) is 4.33. The van der Waals surface area contributed by atoms with Crippen LogP contribution in [0.15, 0.2) is 0 Å². The Morgan fingerprint density at radius 2 is 1.69 bits per heavy atom. The van der Waals surface area contributed by atoms with Gasteiger partial charge in [-0.05, 0) is 12.8 Å². The SMILES string of the molecule is CCCCCCCC[C@H](C)CC(=O)OCC. The molecule has 0 aliphatic heterocycles. The van der Waals surface area contributed by atoms with E-state index in [0.717, 1.165) is 6.42 Å². The molecule has 16 heavy (non-hydrogen) atoms. The quantitative estimate of drug-likeness (QED) is 0.411. The summed E-state index contributed by atoms with van der Waals surface area (Å²) in [5.74, 6) is 0.436. The summed E-state index contributed by atoms with van der Waals surface area (Å²) in [6.07, 6.45) is 9.69. The van der Waals surface area contributed by atoms with Crippen LogP contribution in [-0.4, -0.2) is 12.6 Å². The van der Waals surface area contributed by atoms with Gasteiger partial charge in [-0.25, -0.2) is 0 Å². The van der Waals surface area contributed by atoms with Gasteiger partial charge in [-0.1, -0.05) is 58.8 Å². The molecule has 0 aromatic carbocycles. The zero-order valence-corrected chi connectivity index (χ0v) is 11.3. The largest absolute Gasteiger partial charge is 0.466 e. The molecule has 0 radical (unpaired) electrons. The van der Waals surface area contributed by atoms with Crippen LogP contribution in [0.4, 0.5) is 0 Å². The van der Waals surface area contributed by atoms with Crippen LogP contribution < -0.4 is 0 Å². The number of carbonyl (C=O) groups excluding carboxylic acids is 1. The molecule has 1 atom stereocenters. The minimum atomic E-state index is -0.0408. The standard InChI is InChI=1S/C14H28O2/c1-4-6-7-8-9-10-11-13(3)12-14(15)16-5-2/h13H,4-12H2,1-3H3/t13-/m0/s1. The summed E-state index contributed by atoms with van der Waals surface area (Å²) in [6, 6.07) is 0. The molecule has 0 saturated heterocycles. The second kappa shape index (κ2) is 11.0. The molecule has 0 unspecified atom stereocenters. The third-order valence-electron chi connectivity index (χ3n) is 2.87. The van der Waals surface area contributed by atoms with Crippen molar-refractivity contribution < 1.29 is 9.53 Å². The molecule has 0 aliphatic rings. The lowest BCUT2D eigenvalue weighted by Gasteiger charge is -2.10. The van der Waals surface area contributed by atoms with Gasteiger partial charge in [-0.15, -0.1) is 0 Å². The third-order valence-corrected chi connectivity index (χ3v) is 2.87. The number of hydrogen-bond acceptors (Lipinski definition) is 2. The predicted molar refractivity (Wildman–Crippen MR) is 68.4 cm³/mol. The Bertz CT molecular complexity index is 166. The summed E-state index contributed by atoms with van der Waals surface area (Å²) in [5, 5.41) is 0. The van der Waals surface area contributed by atoms with E-state index in [1.54, 1.807) is 0 Å². The summed E-state index contributed by atoms with van der Waals surface area (Å²) >= 11 is 0. The molecule has 0 bridgehead atoms. The molecule has 0 aliphatic carbocycles. The maximum absolute atomic E-state index is 11.2. The number of ether oxygens (including phenoxy) is 1. The average molecular weight is 228 g/mol. The van der Waals surface area contributed by atoms with Crippen molar-refractivity contribution in [2.45, 2.75) is 72.1 Å². The van der Waals surface area contributed by atoms with E-state index in [4.69, 9.17) is 4.74 Å². The van der Waals surface area contributed by atoms with Gasteiger partial charge in [-0.3, -0.25) is 4.79 Å². The first-order chi connectivity index (χ1) is 7.70. The number of esters is 1. The Morgan fingerprint density at radius 1 is 1.06 bits per heavy atom. The van der Waals surface area contributed by atoms with Gasteiger partial charge in [0.25, 0.3) is 0 Å². The van der Waals surface area contributed by atoms with Crippen LogP contribution in [0, 0.1) is 5.92 Å². The van der Waals surface area contributed by atoms with Crippen LogP contribution in [0.3, 0.4) is 0 Å². The van der Waals surface area contributed by atoms with E-state index in [1.807, 2.05) is 6.92 Å². The van der Waals surface area contributed by atoms with E-state index in [9.17, 15) is 4.79 Å². The fourth-order valence-corrected chi connectivity index (χ4v) is 1.88. The highest BCUT2D eigenvalue weighted by Crippen LogP contribution is 2.15. The number of rotatable bonds is 10. The lowest BCUT2D eigenvalue weighted by atomic mass is 9.99. The van der Waals surface area contributed by atoms with E-state index in [-0.39, 0.29) is 5.97 Å². The zero-order valence-electron chi connectivity index (χ0n) is 11.3. The Hall–Kier alpha value is -0.530. The average Bonchev–Trinajstić information content (AvgIpc) is 2.23. The second-order valence-electron chi connectivity index (χ2n) is 4.67. The fourth-order valence-electron chi connectivity index (χ4n) is 1.88. The first-order valence-electron chi connectivity index (χ1n) is 6.86. The van der Waals surface area contributed by atoms with Gasteiger partial charge in [0.05, 0.1) is 6.61 Å². The highest BCUT2D eigenvalue weighted by molar-refractivity contribution is 5.69. The molecular formula is C14H28O2. The normalized spacial score (nSPS) is 12.4. The Balaban J connectivity index is 3.29. The highest BCUT2D eigenvalue weighted by atomic mass is 16.5. The maximum atomic E-state index is 11.2. The molecule has 2 nitrogen and oxygen atoms in total. The van der Waals surface area contributed by atoms with Crippen molar-refractivity contribution in [1.82, 2.24) is 0 Å². The lowest BCUT2D eigenvalue weighted by molar-refractivity contribution is -0.144. The number of hydrogen-bond donors (Lipinski definition) is 0. The maximum Gasteiger partial charge on any atom is 0.306 e. The van der Waals surface area contributed by atoms with Crippen LogP contribution in [0.5, 0.6) is 0 Å². The van der Waals surface area contributed by atoms with E-state index in [1.165, 1.54) is 38.5 Å². The summed E-state index contributed by atoms with van der Waals surface area (Å²) in [4.78, 5) is 11.2. The van der Waals surface area contributed by atoms with E-state index in [0.29, 0.717) is 18.9 Å². The molecule has 0 aromatic rings. The van der Waals surface area contributed by atoms with E-state index in [2.05, 4.69) is 13.8 Å². The highest BCUT2D eigenvalue weighted by Gasteiger charge is 2.09. The van der Waals surface area contributed by atoms with Crippen LogP contribution in [0.1, 0.15) is 72.1 Å². The summed E-state index contributed by atoms with van der Waals surface area (Å²) in [5.41, 5.74) is 0. The van der Waals surface area contributed by atoms with Crippen LogP contribution >= 0.6 is 0 Å². The van der Waals surface area contributed by atoms with Crippen LogP contribution in [-0.2, 0) is 9.53 Å². The minimum Gasteiger partial charge on any atom is -0.466 e. The lowest BCUT2D eigenvalue weighted by Crippen LogP contribution is -2.09. The first kappa shape index (κ1) is 15.5.